The lowest BCUT2D eigenvalue weighted by molar-refractivity contribution is -0.131. The maximum Gasteiger partial charge on any atom is 0.227 e. The second-order valence-corrected chi connectivity index (χ2v) is 5.47. The van der Waals surface area contributed by atoms with E-state index < -0.39 is 0 Å². The van der Waals surface area contributed by atoms with E-state index in [0.717, 1.165) is 44.0 Å². The Morgan fingerprint density at radius 1 is 1.50 bits per heavy atom. The van der Waals surface area contributed by atoms with Gasteiger partial charge in [-0.15, -0.1) is 12.4 Å². The maximum absolute atomic E-state index is 12.0. The molecule has 18 heavy (non-hydrogen) atoms. The largest absolute Gasteiger partial charge is 0.342 e. The summed E-state index contributed by atoms with van der Waals surface area (Å²) in [7, 11) is 1.99. The van der Waals surface area contributed by atoms with Crippen LogP contribution in [0.5, 0.6) is 0 Å². The molecule has 0 spiro atoms. The lowest BCUT2D eigenvalue weighted by Gasteiger charge is -2.32. The van der Waals surface area contributed by atoms with Gasteiger partial charge in [-0.3, -0.25) is 4.79 Å². The van der Waals surface area contributed by atoms with Crippen molar-refractivity contribution in [2.45, 2.75) is 19.3 Å². The number of thiophene rings is 1. The van der Waals surface area contributed by atoms with Gasteiger partial charge in [0.15, 0.2) is 0 Å². The molecule has 1 fully saturated rings. The molecule has 0 atom stereocenters. The molecule has 0 bridgehead atoms. The van der Waals surface area contributed by atoms with Crippen LogP contribution in [0.1, 0.15) is 18.4 Å². The number of piperidine rings is 1. The van der Waals surface area contributed by atoms with Gasteiger partial charge in [0.25, 0.3) is 0 Å². The monoisotopic (exact) mass is 288 g/mol. The zero-order valence-electron chi connectivity index (χ0n) is 10.7. The fourth-order valence-electron chi connectivity index (χ4n) is 2.35. The van der Waals surface area contributed by atoms with Crippen LogP contribution in [-0.4, -0.2) is 37.5 Å². The molecule has 2 heterocycles. The van der Waals surface area contributed by atoms with Crippen molar-refractivity contribution >= 4 is 29.7 Å². The van der Waals surface area contributed by atoms with Gasteiger partial charge in [0, 0.05) is 13.1 Å². The minimum atomic E-state index is 0. The van der Waals surface area contributed by atoms with Crippen LogP contribution in [0.2, 0.25) is 0 Å². The average Bonchev–Trinajstić information content (AvgIpc) is 2.83. The minimum Gasteiger partial charge on any atom is -0.342 e. The van der Waals surface area contributed by atoms with Crippen LogP contribution in [0.3, 0.4) is 0 Å². The Bertz CT molecular complexity index is 348. The van der Waals surface area contributed by atoms with Crippen molar-refractivity contribution < 1.29 is 4.79 Å². The number of carbonyl (C=O) groups is 1. The molecule has 0 aromatic carbocycles. The first-order valence-corrected chi connectivity index (χ1v) is 7.17. The Morgan fingerprint density at radius 2 is 2.22 bits per heavy atom. The summed E-state index contributed by atoms with van der Waals surface area (Å²) >= 11 is 1.66. The van der Waals surface area contributed by atoms with Gasteiger partial charge < -0.3 is 10.2 Å². The van der Waals surface area contributed by atoms with Gasteiger partial charge in [-0.05, 0) is 54.7 Å². The fraction of sp³-hybridized carbons (Fsp3) is 0.615. The van der Waals surface area contributed by atoms with Gasteiger partial charge in [-0.2, -0.15) is 11.3 Å². The standard InChI is InChI=1S/C13H20N2OS.ClH/c1-14-9-11-2-5-15(6-3-11)13(16)8-12-4-7-17-10-12;/h4,7,10-11,14H,2-3,5-6,8-9H2,1H3;1H. The molecule has 0 unspecified atom stereocenters. The highest BCUT2D eigenvalue weighted by atomic mass is 35.5. The lowest BCUT2D eigenvalue weighted by atomic mass is 9.96. The van der Waals surface area contributed by atoms with E-state index in [-0.39, 0.29) is 18.3 Å². The molecule has 102 valence electrons. The van der Waals surface area contributed by atoms with Crippen LogP contribution in [0.25, 0.3) is 0 Å². The third kappa shape index (κ3) is 4.26. The van der Waals surface area contributed by atoms with Crippen molar-refractivity contribution in [2.75, 3.05) is 26.7 Å². The molecule has 1 aliphatic heterocycles. The normalized spacial score (nSPS) is 16.4. The number of carbonyl (C=O) groups excluding carboxylic acids is 1. The first-order chi connectivity index (χ1) is 8.29. The number of nitrogens with zero attached hydrogens (tertiary/aromatic N) is 1. The number of halogens is 1. The summed E-state index contributed by atoms with van der Waals surface area (Å²) < 4.78 is 0. The summed E-state index contributed by atoms with van der Waals surface area (Å²) in [6, 6.07) is 2.04. The summed E-state index contributed by atoms with van der Waals surface area (Å²) in [5, 5.41) is 7.31. The zero-order chi connectivity index (χ0) is 12.1. The molecule has 1 aromatic rings. The Kier molecular flexibility index (Phi) is 6.68. The van der Waals surface area contributed by atoms with Crippen LogP contribution >= 0.6 is 23.7 Å². The van der Waals surface area contributed by atoms with Crippen LogP contribution in [0.4, 0.5) is 0 Å². The highest BCUT2D eigenvalue weighted by Crippen LogP contribution is 2.17. The average molecular weight is 289 g/mol. The molecule has 0 aliphatic carbocycles. The molecular weight excluding hydrogens is 268 g/mol. The lowest BCUT2D eigenvalue weighted by Crippen LogP contribution is -2.41. The smallest absolute Gasteiger partial charge is 0.227 e. The minimum absolute atomic E-state index is 0. The van der Waals surface area contributed by atoms with Crippen molar-refractivity contribution in [3.8, 4) is 0 Å². The molecule has 1 N–H and O–H groups in total. The maximum atomic E-state index is 12.0. The quantitative estimate of drug-likeness (QED) is 0.921. The summed E-state index contributed by atoms with van der Waals surface area (Å²) in [5.74, 6) is 1.02. The fourth-order valence-corrected chi connectivity index (χ4v) is 3.02. The van der Waals surface area contributed by atoms with Gasteiger partial charge in [0.1, 0.15) is 0 Å². The topological polar surface area (TPSA) is 32.3 Å². The van der Waals surface area contributed by atoms with Crippen LogP contribution in [-0.2, 0) is 11.2 Å². The third-order valence-corrected chi connectivity index (χ3v) is 4.13. The molecule has 1 aromatic heterocycles. The molecular formula is C13H21ClN2OS. The van der Waals surface area contributed by atoms with Crippen molar-refractivity contribution in [3.63, 3.8) is 0 Å². The number of rotatable bonds is 4. The second kappa shape index (κ2) is 7.77. The van der Waals surface area contributed by atoms with E-state index in [9.17, 15) is 4.79 Å². The van der Waals surface area contributed by atoms with E-state index in [4.69, 9.17) is 0 Å². The highest BCUT2D eigenvalue weighted by molar-refractivity contribution is 7.07. The van der Waals surface area contributed by atoms with E-state index in [1.54, 1.807) is 11.3 Å². The zero-order valence-corrected chi connectivity index (χ0v) is 12.4. The van der Waals surface area contributed by atoms with Gasteiger partial charge in [-0.1, -0.05) is 0 Å². The Morgan fingerprint density at radius 3 is 2.78 bits per heavy atom. The van der Waals surface area contributed by atoms with Gasteiger partial charge >= 0.3 is 0 Å². The summed E-state index contributed by atoms with van der Waals surface area (Å²) in [4.78, 5) is 14.1. The van der Waals surface area contributed by atoms with Crippen LogP contribution in [0.15, 0.2) is 16.8 Å². The van der Waals surface area contributed by atoms with Crippen LogP contribution in [0, 0.1) is 5.92 Å². The third-order valence-electron chi connectivity index (χ3n) is 3.40. The van der Waals surface area contributed by atoms with E-state index in [1.165, 1.54) is 0 Å². The molecule has 0 saturated carbocycles. The number of hydrogen-bond donors (Lipinski definition) is 1. The highest BCUT2D eigenvalue weighted by Gasteiger charge is 2.22. The Balaban J connectivity index is 0.00000162. The number of amides is 1. The van der Waals surface area contributed by atoms with E-state index >= 15 is 0 Å². The van der Waals surface area contributed by atoms with Gasteiger partial charge in [0.05, 0.1) is 6.42 Å². The van der Waals surface area contributed by atoms with Crippen molar-refractivity contribution in [3.05, 3.63) is 22.4 Å². The second-order valence-electron chi connectivity index (χ2n) is 4.69. The predicted molar refractivity (Wildman–Crippen MR) is 78.5 cm³/mol. The van der Waals surface area contributed by atoms with Crippen molar-refractivity contribution in [2.24, 2.45) is 5.92 Å². The molecule has 1 amide bonds. The molecule has 3 nitrogen and oxygen atoms in total. The Hall–Kier alpha value is -0.580. The number of hydrogen-bond acceptors (Lipinski definition) is 3. The summed E-state index contributed by atoms with van der Waals surface area (Å²) in [6.45, 7) is 2.93. The predicted octanol–water partition coefficient (Wildman–Crippen LogP) is 2.17. The Labute approximate surface area is 119 Å². The molecule has 1 saturated heterocycles. The van der Waals surface area contributed by atoms with Crippen molar-refractivity contribution in [1.82, 2.24) is 10.2 Å². The molecule has 2 rings (SSSR count). The van der Waals surface area contributed by atoms with Crippen LogP contribution < -0.4 is 5.32 Å². The molecule has 0 radical (unpaired) electrons. The van der Waals surface area contributed by atoms with E-state index in [2.05, 4.69) is 10.7 Å². The first kappa shape index (κ1) is 15.5. The summed E-state index contributed by atoms with van der Waals surface area (Å²) in [5.41, 5.74) is 1.15. The first-order valence-electron chi connectivity index (χ1n) is 6.23. The van der Waals surface area contributed by atoms with Crippen molar-refractivity contribution in [1.29, 1.82) is 0 Å². The van der Waals surface area contributed by atoms with Gasteiger partial charge in [-0.25, -0.2) is 0 Å². The molecule has 5 heteroatoms. The number of nitrogens with one attached hydrogen (secondary N) is 1. The van der Waals surface area contributed by atoms with E-state index in [1.807, 2.05) is 23.4 Å². The van der Waals surface area contributed by atoms with E-state index in [0.29, 0.717) is 6.42 Å². The SMILES string of the molecule is CNCC1CCN(C(=O)Cc2ccsc2)CC1.Cl. The summed E-state index contributed by atoms with van der Waals surface area (Å²) in [6.07, 6.45) is 2.84. The van der Waals surface area contributed by atoms with Gasteiger partial charge in [0.2, 0.25) is 5.91 Å². The molecule has 1 aliphatic rings. The number of likely N-dealkylation sites (tertiary alicyclic amines) is 1.